The Morgan fingerprint density at radius 3 is 2.58 bits per heavy atom. The fraction of sp³-hybridized carbons (Fsp3) is 0.429. The minimum Gasteiger partial charge on any atom is -0.460 e. The van der Waals surface area contributed by atoms with Gasteiger partial charge in [-0.3, -0.25) is 0 Å². The van der Waals surface area contributed by atoms with Crippen LogP contribution >= 0.6 is 0 Å². The normalized spacial score (nSPS) is 16.2. The van der Waals surface area contributed by atoms with E-state index < -0.39 is 17.7 Å². The Balaban J connectivity index is 1.61. The van der Waals surface area contributed by atoms with Gasteiger partial charge in [-0.25, -0.2) is 19.3 Å². The van der Waals surface area contributed by atoms with Gasteiger partial charge in [0.05, 0.1) is 6.20 Å². The summed E-state index contributed by atoms with van der Waals surface area (Å²) in [6, 6.07) is 0.476. The predicted octanol–water partition coefficient (Wildman–Crippen LogP) is 2.47. The summed E-state index contributed by atoms with van der Waals surface area (Å²) in [6.45, 7) is 0.912. The molecule has 0 saturated carbocycles. The smallest absolute Gasteiger partial charge is 0.433 e. The topological polar surface area (TPSA) is 64.0 Å². The number of halogens is 4. The Kier molecular flexibility index (Phi) is 4.45. The number of anilines is 1. The zero-order chi connectivity index (χ0) is 17.2. The van der Waals surface area contributed by atoms with Gasteiger partial charge in [-0.15, -0.1) is 0 Å². The van der Waals surface area contributed by atoms with Gasteiger partial charge in [0.25, 0.3) is 0 Å². The molecule has 2 aromatic rings. The number of hydrogen-bond donors (Lipinski definition) is 0. The maximum atomic E-state index is 13.6. The molecule has 0 bridgehead atoms. The molecule has 3 heterocycles. The molecule has 2 aromatic heterocycles. The highest BCUT2D eigenvalue weighted by molar-refractivity contribution is 5.38. The van der Waals surface area contributed by atoms with Crippen molar-refractivity contribution in [3.63, 3.8) is 0 Å². The standard InChI is InChI=1S/C14H13F4N5O/c15-10-7-19-8-21-12(10)23-5-2-9(3-6-23)24-13-20-4-1-11(22-13)14(16,17)18/h1,4,7-9H,2-3,5-6H2. The first kappa shape index (κ1) is 16.3. The highest BCUT2D eigenvalue weighted by atomic mass is 19.4. The van der Waals surface area contributed by atoms with Crippen LogP contribution in [0.3, 0.4) is 0 Å². The Bertz CT molecular complexity index is 704. The summed E-state index contributed by atoms with van der Waals surface area (Å²) in [6.07, 6.45) is -0.550. The second kappa shape index (κ2) is 6.54. The first-order valence-electron chi connectivity index (χ1n) is 7.21. The van der Waals surface area contributed by atoms with Crippen LogP contribution in [0.15, 0.2) is 24.8 Å². The minimum atomic E-state index is -4.55. The van der Waals surface area contributed by atoms with Crippen LogP contribution in [0.25, 0.3) is 0 Å². The van der Waals surface area contributed by atoms with Crippen molar-refractivity contribution in [1.29, 1.82) is 0 Å². The van der Waals surface area contributed by atoms with Gasteiger partial charge in [0, 0.05) is 32.1 Å². The number of rotatable bonds is 3. The van der Waals surface area contributed by atoms with Crippen molar-refractivity contribution >= 4 is 5.82 Å². The van der Waals surface area contributed by atoms with E-state index in [0.717, 1.165) is 18.5 Å². The molecule has 128 valence electrons. The monoisotopic (exact) mass is 343 g/mol. The van der Waals surface area contributed by atoms with E-state index in [1.165, 1.54) is 6.33 Å². The average Bonchev–Trinajstić information content (AvgIpc) is 2.56. The molecule has 3 rings (SSSR count). The Hall–Kier alpha value is -2.52. The summed E-state index contributed by atoms with van der Waals surface area (Å²) in [7, 11) is 0. The van der Waals surface area contributed by atoms with Gasteiger partial charge >= 0.3 is 12.2 Å². The SMILES string of the molecule is Fc1cncnc1N1CCC(Oc2nccc(C(F)(F)F)n2)CC1. The molecule has 6 nitrogen and oxygen atoms in total. The fourth-order valence-electron chi connectivity index (χ4n) is 2.43. The lowest BCUT2D eigenvalue weighted by Crippen LogP contribution is -2.39. The summed E-state index contributed by atoms with van der Waals surface area (Å²) >= 11 is 0. The van der Waals surface area contributed by atoms with Crippen molar-refractivity contribution in [2.24, 2.45) is 0 Å². The molecular weight excluding hydrogens is 330 g/mol. The van der Waals surface area contributed by atoms with Gasteiger partial charge in [0.1, 0.15) is 12.4 Å². The Morgan fingerprint density at radius 2 is 1.92 bits per heavy atom. The van der Waals surface area contributed by atoms with Crippen LogP contribution in [0.1, 0.15) is 18.5 Å². The molecule has 1 aliphatic rings. The highest BCUT2D eigenvalue weighted by Crippen LogP contribution is 2.28. The highest BCUT2D eigenvalue weighted by Gasteiger charge is 2.33. The van der Waals surface area contributed by atoms with E-state index in [0.29, 0.717) is 25.9 Å². The minimum absolute atomic E-state index is 0.207. The van der Waals surface area contributed by atoms with Crippen molar-refractivity contribution < 1.29 is 22.3 Å². The van der Waals surface area contributed by atoms with Crippen LogP contribution in [0.5, 0.6) is 6.01 Å². The lowest BCUT2D eigenvalue weighted by molar-refractivity contribution is -0.141. The van der Waals surface area contributed by atoms with Crippen molar-refractivity contribution in [3.8, 4) is 6.01 Å². The summed E-state index contributed by atoms with van der Waals surface area (Å²) in [4.78, 5) is 16.3. The first-order valence-corrected chi connectivity index (χ1v) is 7.21. The molecule has 0 N–H and O–H groups in total. The molecule has 1 fully saturated rings. The zero-order valence-corrected chi connectivity index (χ0v) is 12.4. The largest absolute Gasteiger partial charge is 0.460 e. The van der Waals surface area contributed by atoms with E-state index >= 15 is 0 Å². The Morgan fingerprint density at radius 1 is 1.17 bits per heavy atom. The van der Waals surface area contributed by atoms with Crippen molar-refractivity contribution in [2.75, 3.05) is 18.0 Å². The second-order valence-electron chi connectivity index (χ2n) is 5.22. The summed E-state index contributed by atoms with van der Waals surface area (Å²) < 4.78 is 56.9. The molecule has 0 aliphatic carbocycles. The summed E-state index contributed by atoms with van der Waals surface area (Å²) in [5, 5.41) is 0. The van der Waals surface area contributed by atoms with Gasteiger partial charge in [0.15, 0.2) is 17.3 Å². The van der Waals surface area contributed by atoms with Gasteiger partial charge < -0.3 is 9.64 Å². The van der Waals surface area contributed by atoms with E-state index in [4.69, 9.17) is 4.74 Å². The summed E-state index contributed by atoms with van der Waals surface area (Å²) in [5.41, 5.74) is -1.05. The van der Waals surface area contributed by atoms with Crippen LogP contribution in [0, 0.1) is 5.82 Å². The van der Waals surface area contributed by atoms with Gasteiger partial charge in [-0.1, -0.05) is 0 Å². The third-order valence-electron chi connectivity index (χ3n) is 3.59. The number of alkyl halides is 3. The van der Waals surface area contributed by atoms with Crippen molar-refractivity contribution in [3.05, 3.63) is 36.3 Å². The fourth-order valence-corrected chi connectivity index (χ4v) is 2.43. The molecule has 0 radical (unpaired) electrons. The lowest BCUT2D eigenvalue weighted by atomic mass is 10.1. The number of nitrogens with zero attached hydrogens (tertiary/aromatic N) is 5. The Labute approximate surface area is 134 Å². The quantitative estimate of drug-likeness (QED) is 0.798. The van der Waals surface area contributed by atoms with Crippen LogP contribution < -0.4 is 9.64 Å². The van der Waals surface area contributed by atoms with E-state index in [-0.39, 0.29) is 17.9 Å². The molecule has 10 heteroatoms. The molecule has 1 aliphatic heterocycles. The van der Waals surface area contributed by atoms with Crippen LogP contribution in [0.2, 0.25) is 0 Å². The number of aromatic nitrogens is 4. The number of hydrogen-bond acceptors (Lipinski definition) is 6. The molecule has 0 amide bonds. The van der Waals surface area contributed by atoms with E-state index in [1.54, 1.807) is 4.90 Å². The number of piperidine rings is 1. The van der Waals surface area contributed by atoms with Crippen LogP contribution in [-0.2, 0) is 6.18 Å². The lowest BCUT2D eigenvalue weighted by Gasteiger charge is -2.32. The molecule has 0 atom stereocenters. The van der Waals surface area contributed by atoms with Crippen LogP contribution in [0.4, 0.5) is 23.4 Å². The molecule has 24 heavy (non-hydrogen) atoms. The van der Waals surface area contributed by atoms with Crippen molar-refractivity contribution in [1.82, 2.24) is 19.9 Å². The van der Waals surface area contributed by atoms with Gasteiger partial charge in [0.2, 0.25) is 0 Å². The van der Waals surface area contributed by atoms with Gasteiger partial charge in [-0.05, 0) is 6.07 Å². The maximum absolute atomic E-state index is 13.6. The molecule has 0 aromatic carbocycles. The average molecular weight is 343 g/mol. The van der Waals surface area contributed by atoms with E-state index in [2.05, 4.69) is 19.9 Å². The van der Waals surface area contributed by atoms with E-state index in [1.807, 2.05) is 0 Å². The molecule has 1 saturated heterocycles. The third kappa shape index (κ3) is 3.69. The first-order chi connectivity index (χ1) is 11.4. The second-order valence-corrected chi connectivity index (χ2v) is 5.22. The predicted molar refractivity (Wildman–Crippen MR) is 74.9 cm³/mol. The number of ether oxygens (including phenoxy) is 1. The zero-order valence-electron chi connectivity index (χ0n) is 12.4. The third-order valence-corrected chi connectivity index (χ3v) is 3.59. The van der Waals surface area contributed by atoms with Crippen molar-refractivity contribution in [2.45, 2.75) is 25.1 Å². The van der Waals surface area contributed by atoms with Crippen LogP contribution in [-0.4, -0.2) is 39.1 Å². The molecule has 0 unspecified atom stereocenters. The molecule has 0 spiro atoms. The van der Waals surface area contributed by atoms with E-state index in [9.17, 15) is 17.6 Å². The summed E-state index contributed by atoms with van der Waals surface area (Å²) in [5.74, 6) is -0.308. The maximum Gasteiger partial charge on any atom is 0.433 e. The van der Waals surface area contributed by atoms with Gasteiger partial charge in [-0.2, -0.15) is 18.2 Å². The molecular formula is C14H13F4N5O.